The number of aromatic nitrogens is 3. The maximum Gasteiger partial charge on any atom is 0.391 e. The van der Waals surface area contributed by atoms with Crippen molar-refractivity contribution in [3.05, 3.63) is 11.9 Å². The smallest absolute Gasteiger partial charge is 0.391 e. The van der Waals surface area contributed by atoms with Crippen LogP contribution < -0.4 is 5.32 Å². The van der Waals surface area contributed by atoms with Crippen LogP contribution in [-0.2, 0) is 13.1 Å². The molecule has 20 heavy (non-hydrogen) atoms. The summed E-state index contributed by atoms with van der Waals surface area (Å²) >= 11 is 0. The van der Waals surface area contributed by atoms with E-state index >= 15 is 0 Å². The highest BCUT2D eigenvalue weighted by molar-refractivity contribution is 4.93. The van der Waals surface area contributed by atoms with Gasteiger partial charge in [-0.1, -0.05) is 5.21 Å². The number of nitrogens with one attached hydrogen (secondary N) is 1. The van der Waals surface area contributed by atoms with Crippen LogP contribution in [0.5, 0.6) is 0 Å². The van der Waals surface area contributed by atoms with Crippen molar-refractivity contribution in [2.75, 3.05) is 6.61 Å². The van der Waals surface area contributed by atoms with Gasteiger partial charge in [-0.3, -0.25) is 0 Å². The van der Waals surface area contributed by atoms with Crippen molar-refractivity contribution in [2.45, 2.75) is 51.0 Å². The average molecular weight is 292 g/mol. The highest BCUT2D eigenvalue weighted by Gasteiger charge is 2.41. The fourth-order valence-corrected chi connectivity index (χ4v) is 2.51. The predicted octanol–water partition coefficient (Wildman–Crippen LogP) is 1.48. The molecule has 0 radical (unpaired) electrons. The van der Waals surface area contributed by atoms with Gasteiger partial charge in [0.15, 0.2) is 0 Å². The first kappa shape index (κ1) is 15.2. The minimum Gasteiger partial charge on any atom is -0.394 e. The Kier molecular flexibility index (Phi) is 4.98. The molecule has 0 atom stereocenters. The summed E-state index contributed by atoms with van der Waals surface area (Å²) in [5, 5.41) is 19.7. The Morgan fingerprint density at radius 2 is 2.00 bits per heavy atom. The molecule has 1 heterocycles. The van der Waals surface area contributed by atoms with Crippen molar-refractivity contribution in [3.63, 3.8) is 0 Å². The number of aliphatic hydroxyl groups excluding tert-OH is 1. The van der Waals surface area contributed by atoms with E-state index < -0.39 is 12.1 Å². The van der Waals surface area contributed by atoms with Crippen molar-refractivity contribution < 1.29 is 18.3 Å². The third-order valence-electron chi connectivity index (χ3n) is 3.68. The number of halogens is 3. The lowest BCUT2D eigenvalue weighted by atomic mass is 9.85. The third-order valence-corrected chi connectivity index (χ3v) is 3.68. The molecule has 5 nitrogen and oxygen atoms in total. The van der Waals surface area contributed by atoms with Crippen molar-refractivity contribution in [1.29, 1.82) is 0 Å². The van der Waals surface area contributed by atoms with Crippen LogP contribution >= 0.6 is 0 Å². The van der Waals surface area contributed by atoms with E-state index in [0.717, 1.165) is 5.69 Å². The second-order valence-corrected chi connectivity index (χ2v) is 5.17. The molecule has 8 heteroatoms. The van der Waals surface area contributed by atoms with Crippen molar-refractivity contribution in [2.24, 2.45) is 5.92 Å². The van der Waals surface area contributed by atoms with E-state index in [1.54, 1.807) is 6.20 Å². The molecule has 0 bridgehead atoms. The zero-order chi connectivity index (χ0) is 14.6. The molecule has 0 amide bonds. The Morgan fingerprint density at radius 1 is 1.30 bits per heavy atom. The van der Waals surface area contributed by atoms with E-state index in [-0.39, 0.29) is 25.5 Å². The van der Waals surface area contributed by atoms with Crippen molar-refractivity contribution >= 4 is 0 Å². The Hall–Kier alpha value is -1.15. The van der Waals surface area contributed by atoms with E-state index in [4.69, 9.17) is 5.11 Å². The number of alkyl halides is 3. The molecule has 2 rings (SSSR count). The van der Waals surface area contributed by atoms with Gasteiger partial charge in [-0.25, -0.2) is 4.68 Å². The van der Waals surface area contributed by atoms with Crippen LogP contribution in [0.15, 0.2) is 6.20 Å². The van der Waals surface area contributed by atoms with Gasteiger partial charge in [-0.2, -0.15) is 13.2 Å². The summed E-state index contributed by atoms with van der Waals surface area (Å²) in [6.45, 7) is 0.883. The maximum absolute atomic E-state index is 12.5. The van der Waals surface area contributed by atoms with Gasteiger partial charge >= 0.3 is 6.18 Å². The normalized spacial score (nSPS) is 24.0. The highest BCUT2D eigenvalue weighted by Crippen LogP contribution is 2.37. The molecule has 1 fully saturated rings. The van der Waals surface area contributed by atoms with Gasteiger partial charge in [-0.15, -0.1) is 5.10 Å². The van der Waals surface area contributed by atoms with E-state index in [1.165, 1.54) is 4.68 Å². The van der Waals surface area contributed by atoms with E-state index in [1.807, 2.05) is 0 Å². The molecular weight excluding hydrogens is 273 g/mol. The lowest BCUT2D eigenvalue weighted by Crippen LogP contribution is -2.36. The molecule has 0 aromatic carbocycles. The Morgan fingerprint density at radius 3 is 2.60 bits per heavy atom. The van der Waals surface area contributed by atoms with Crippen LogP contribution in [0.4, 0.5) is 13.2 Å². The number of aliphatic hydroxyl groups is 1. The standard InChI is InChI=1S/C12H19F3N4O/c13-12(14,15)9-1-3-10(4-2-9)16-7-11-8-19(5-6-20)18-17-11/h8-10,16,20H,1-7H2. The van der Waals surface area contributed by atoms with Gasteiger partial charge in [0.2, 0.25) is 0 Å². The third kappa shape index (κ3) is 4.17. The van der Waals surface area contributed by atoms with Gasteiger partial charge in [-0.05, 0) is 25.7 Å². The van der Waals surface area contributed by atoms with E-state index in [9.17, 15) is 13.2 Å². The number of hydrogen-bond acceptors (Lipinski definition) is 4. The summed E-state index contributed by atoms with van der Waals surface area (Å²) in [5.41, 5.74) is 0.733. The molecule has 0 aliphatic heterocycles. The summed E-state index contributed by atoms with van der Waals surface area (Å²) in [4.78, 5) is 0. The molecule has 0 spiro atoms. The van der Waals surface area contributed by atoms with Gasteiger partial charge < -0.3 is 10.4 Å². The quantitative estimate of drug-likeness (QED) is 0.863. The van der Waals surface area contributed by atoms with Crippen LogP contribution in [0, 0.1) is 5.92 Å². The second-order valence-electron chi connectivity index (χ2n) is 5.17. The fourth-order valence-electron chi connectivity index (χ4n) is 2.51. The molecule has 1 aromatic heterocycles. The molecule has 114 valence electrons. The fraction of sp³-hybridized carbons (Fsp3) is 0.833. The minimum atomic E-state index is -4.06. The highest BCUT2D eigenvalue weighted by atomic mass is 19.4. The Balaban J connectivity index is 1.73. The van der Waals surface area contributed by atoms with Gasteiger partial charge in [0, 0.05) is 18.8 Å². The van der Waals surface area contributed by atoms with Gasteiger partial charge in [0.1, 0.15) is 0 Å². The summed E-state index contributed by atoms with van der Waals surface area (Å²) in [5.74, 6) is -1.15. The summed E-state index contributed by atoms with van der Waals surface area (Å²) in [6, 6.07) is 0.108. The zero-order valence-corrected chi connectivity index (χ0v) is 11.1. The first-order valence-corrected chi connectivity index (χ1v) is 6.79. The maximum atomic E-state index is 12.5. The van der Waals surface area contributed by atoms with E-state index in [2.05, 4.69) is 15.6 Å². The lowest BCUT2D eigenvalue weighted by molar-refractivity contribution is -0.182. The average Bonchev–Trinajstić information content (AvgIpc) is 2.84. The molecule has 1 aliphatic rings. The first-order chi connectivity index (χ1) is 9.49. The summed E-state index contributed by atoms with van der Waals surface area (Å²) < 4.78 is 39.1. The van der Waals surface area contributed by atoms with Crippen molar-refractivity contribution in [1.82, 2.24) is 20.3 Å². The molecule has 0 saturated heterocycles. The molecule has 2 N–H and O–H groups in total. The monoisotopic (exact) mass is 292 g/mol. The molecular formula is C12H19F3N4O. The summed E-state index contributed by atoms with van der Waals surface area (Å²) in [6.07, 6.45) is -0.872. The Bertz CT molecular complexity index is 413. The zero-order valence-electron chi connectivity index (χ0n) is 11.1. The van der Waals surface area contributed by atoms with Crippen LogP contribution in [0.2, 0.25) is 0 Å². The molecule has 1 aromatic rings. The lowest BCUT2D eigenvalue weighted by Gasteiger charge is -2.30. The molecule has 1 saturated carbocycles. The second kappa shape index (κ2) is 6.53. The van der Waals surface area contributed by atoms with Gasteiger partial charge in [0.05, 0.1) is 24.8 Å². The molecule has 0 unspecified atom stereocenters. The largest absolute Gasteiger partial charge is 0.394 e. The number of rotatable bonds is 5. The van der Waals surface area contributed by atoms with Crippen LogP contribution in [0.3, 0.4) is 0 Å². The van der Waals surface area contributed by atoms with Crippen LogP contribution in [0.1, 0.15) is 31.4 Å². The van der Waals surface area contributed by atoms with Crippen LogP contribution in [0.25, 0.3) is 0 Å². The topological polar surface area (TPSA) is 63.0 Å². The van der Waals surface area contributed by atoms with Crippen molar-refractivity contribution in [3.8, 4) is 0 Å². The number of hydrogen-bond donors (Lipinski definition) is 2. The molecule has 1 aliphatic carbocycles. The first-order valence-electron chi connectivity index (χ1n) is 6.79. The SMILES string of the molecule is OCCn1cc(CNC2CCC(C(F)(F)F)CC2)nn1. The summed E-state index contributed by atoms with van der Waals surface area (Å²) in [7, 11) is 0. The Labute approximate surface area is 115 Å². The predicted molar refractivity (Wildman–Crippen MR) is 65.7 cm³/mol. The van der Waals surface area contributed by atoms with E-state index in [0.29, 0.717) is 25.9 Å². The van der Waals surface area contributed by atoms with Gasteiger partial charge in [0.25, 0.3) is 0 Å². The van der Waals surface area contributed by atoms with Crippen LogP contribution in [-0.4, -0.2) is 38.9 Å². The number of nitrogens with zero attached hydrogens (tertiary/aromatic N) is 3. The minimum absolute atomic E-state index is 0.00230.